The molecule has 25 heavy (non-hydrogen) atoms. The average Bonchev–Trinajstić information content (AvgIpc) is 3.02. The number of nitrogens with one attached hydrogen (secondary N) is 1. The van der Waals surface area contributed by atoms with Gasteiger partial charge in [0, 0.05) is 25.4 Å². The lowest BCUT2D eigenvalue weighted by molar-refractivity contribution is 0.0948. The maximum Gasteiger partial charge on any atom is 0.256 e. The number of hydrogen-bond donors (Lipinski definition) is 1. The zero-order chi connectivity index (χ0) is 17.4. The van der Waals surface area contributed by atoms with Crippen molar-refractivity contribution in [1.29, 1.82) is 0 Å². The van der Waals surface area contributed by atoms with Crippen LogP contribution in [0.15, 0.2) is 36.7 Å². The Morgan fingerprint density at radius 1 is 1.32 bits per heavy atom. The van der Waals surface area contributed by atoms with Crippen molar-refractivity contribution in [2.24, 2.45) is 0 Å². The van der Waals surface area contributed by atoms with Crippen molar-refractivity contribution in [1.82, 2.24) is 19.9 Å². The van der Waals surface area contributed by atoms with E-state index in [2.05, 4.69) is 15.4 Å². The number of fused-ring (bicyclic) bond motifs is 2. The van der Waals surface area contributed by atoms with Crippen LogP contribution >= 0.6 is 0 Å². The van der Waals surface area contributed by atoms with Gasteiger partial charge in [-0.05, 0) is 24.3 Å². The molecule has 0 atom stereocenters. The lowest BCUT2D eigenvalue weighted by atomic mass is 10.2. The number of carbonyl (C=O) groups is 1. The van der Waals surface area contributed by atoms with Gasteiger partial charge in [-0.15, -0.1) is 0 Å². The maximum absolute atomic E-state index is 13.7. The molecule has 3 heterocycles. The largest absolute Gasteiger partial charge is 0.491 e. The van der Waals surface area contributed by atoms with E-state index in [0.717, 1.165) is 0 Å². The zero-order valence-electron chi connectivity index (χ0n) is 13.6. The molecular formula is C17H16FN5O2. The van der Waals surface area contributed by atoms with Crippen molar-refractivity contribution >= 4 is 17.4 Å². The van der Waals surface area contributed by atoms with E-state index >= 15 is 0 Å². The van der Waals surface area contributed by atoms with Gasteiger partial charge in [-0.3, -0.25) is 4.79 Å². The molecule has 0 saturated heterocycles. The van der Waals surface area contributed by atoms with Gasteiger partial charge in [0.2, 0.25) is 0 Å². The molecule has 1 aliphatic rings. The van der Waals surface area contributed by atoms with Gasteiger partial charge < -0.3 is 15.0 Å². The number of anilines is 1. The molecule has 0 radical (unpaired) electrons. The van der Waals surface area contributed by atoms with E-state index in [-0.39, 0.29) is 18.3 Å². The van der Waals surface area contributed by atoms with E-state index in [1.165, 1.54) is 18.3 Å². The number of amides is 1. The van der Waals surface area contributed by atoms with Crippen LogP contribution in [-0.4, -0.2) is 40.7 Å². The lowest BCUT2D eigenvalue weighted by Crippen LogP contribution is -2.28. The summed E-state index contributed by atoms with van der Waals surface area (Å²) < 4.78 is 20.9. The highest BCUT2D eigenvalue weighted by molar-refractivity contribution is 5.99. The van der Waals surface area contributed by atoms with E-state index in [9.17, 15) is 9.18 Å². The summed E-state index contributed by atoms with van der Waals surface area (Å²) >= 11 is 0. The monoisotopic (exact) mass is 341 g/mol. The second-order valence-electron chi connectivity index (χ2n) is 5.82. The van der Waals surface area contributed by atoms with Crippen LogP contribution in [0.3, 0.4) is 0 Å². The van der Waals surface area contributed by atoms with Crippen LogP contribution in [0, 0.1) is 5.82 Å². The molecule has 1 aromatic carbocycles. The maximum atomic E-state index is 13.7. The molecule has 0 unspecified atom stereocenters. The van der Waals surface area contributed by atoms with Gasteiger partial charge in [-0.2, -0.15) is 5.10 Å². The van der Waals surface area contributed by atoms with E-state index in [4.69, 9.17) is 4.74 Å². The second kappa shape index (κ2) is 6.04. The number of benzene rings is 1. The van der Waals surface area contributed by atoms with Crippen molar-refractivity contribution < 1.29 is 13.9 Å². The molecule has 3 aromatic rings. The number of nitrogens with zero attached hydrogens (tertiary/aromatic N) is 4. The van der Waals surface area contributed by atoms with Gasteiger partial charge in [0.05, 0.1) is 12.7 Å². The van der Waals surface area contributed by atoms with Crippen molar-refractivity contribution in [2.75, 3.05) is 25.1 Å². The van der Waals surface area contributed by atoms with Crippen LogP contribution in [0.1, 0.15) is 15.9 Å². The van der Waals surface area contributed by atoms with Crippen LogP contribution in [0.5, 0.6) is 5.75 Å². The topological polar surface area (TPSA) is 71.8 Å². The summed E-state index contributed by atoms with van der Waals surface area (Å²) in [6.45, 7) is 1.02. The van der Waals surface area contributed by atoms with Crippen molar-refractivity contribution in [3.8, 4) is 5.75 Å². The summed E-state index contributed by atoms with van der Waals surface area (Å²) in [4.78, 5) is 18.8. The first kappa shape index (κ1) is 15.4. The summed E-state index contributed by atoms with van der Waals surface area (Å²) in [5.74, 6) is 0.654. The third-order valence-electron chi connectivity index (χ3n) is 4.07. The highest BCUT2D eigenvalue weighted by atomic mass is 19.1. The normalized spacial score (nSPS) is 15.0. The zero-order valence-corrected chi connectivity index (χ0v) is 13.6. The predicted octanol–water partition coefficient (Wildman–Crippen LogP) is 1.63. The minimum absolute atomic E-state index is 0.260. The molecule has 4 rings (SSSR count). The van der Waals surface area contributed by atoms with Crippen LogP contribution in [-0.2, 0) is 6.54 Å². The van der Waals surface area contributed by atoms with Crippen LogP contribution in [0.2, 0.25) is 0 Å². The average molecular weight is 341 g/mol. The number of hydrogen-bond acceptors (Lipinski definition) is 5. The predicted molar refractivity (Wildman–Crippen MR) is 89.3 cm³/mol. The van der Waals surface area contributed by atoms with Crippen LogP contribution in [0.25, 0.3) is 5.65 Å². The molecule has 0 fully saturated rings. The highest BCUT2D eigenvalue weighted by Crippen LogP contribution is 2.24. The minimum atomic E-state index is -0.324. The first-order chi connectivity index (χ1) is 12.1. The summed E-state index contributed by atoms with van der Waals surface area (Å²) in [6, 6.07) is 6.21. The Labute approximate surface area is 143 Å². The second-order valence-corrected chi connectivity index (χ2v) is 5.82. The summed E-state index contributed by atoms with van der Waals surface area (Å²) in [7, 11) is 1.85. The van der Waals surface area contributed by atoms with E-state index in [1.54, 1.807) is 22.8 Å². The number of aromatic nitrogens is 3. The molecule has 2 aromatic heterocycles. The summed E-state index contributed by atoms with van der Waals surface area (Å²) in [5, 5.41) is 6.93. The molecule has 0 aliphatic carbocycles. The first-order valence-corrected chi connectivity index (χ1v) is 7.87. The quantitative estimate of drug-likeness (QED) is 0.673. The van der Waals surface area contributed by atoms with Gasteiger partial charge in [-0.1, -0.05) is 0 Å². The summed E-state index contributed by atoms with van der Waals surface area (Å²) in [5.41, 5.74) is 1.59. The van der Waals surface area contributed by atoms with Crippen LogP contribution in [0.4, 0.5) is 10.2 Å². The van der Waals surface area contributed by atoms with E-state index in [1.807, 2.05) is 11.9 Å². The van der Waals surface area contributed by atoms with E-state index in [0.29, 0.717) is 41.4 Å². The minimum Gasteiger partial charge on any atom is -0.491 e. The van der Waals surface area contributed by atoms with Crippen molar-refractivity contribution in [2.45, 2.75) is 6.54 Å². The first-order valence-electron chi connectivity index (χ1n) is 7.87. The summed E-state index contributed by atoms with van der Waals surface area (Å²) in [6.07, 6.45) is 3.24. The number of carbonyl (C=O) groups excluding carboxylic acids is 1. The number of ether oxygens (including phenoxy) is 1. The van der Waals surface area contributed by atoms with Crippen molar-refractivity contribution in [3.05, 3.63) is 53.6 Å². The fourth-order valence-electron chi connectivity index (χ4n) is 2.80. The van der Waals surface area contributed by atoms with Crippen molar-refractivity contribution in [3.63, 3.8) is 0 Å². The Balaban J connectivity index is 1.80. The molecule has 1 amide bonds. The SMILES string of the molecule is CN1Cc2cc(F)ccc2OCCNC(=O)c2cnn3ccc1nc23. The third-order valence-corrected chi connectivity index (χ3v) is 4.07. The molecule has 1 aliphatic heterocycles. The van der Waals surface area contributed by atoms with Gasteiger partial charge in [0.15, 0.2) is 5.65 Å². The Morgan fingerprint density at radius 2 is 2.20 bits per heavy atom. The number of halogens is 1. The van der Waals surface area contributed by atoms with Gasteiger partial charge in [0.25, 0.3) is 5.91 Å². The van der Waals surface area contributed by atoms with Crippen LogP contribution < -0.4 is 15.0 Å². The Bertz CT molecular complexity index is 955. The standard InChI is InChI=1S/C17H16FN5O2/c1-22-10-11-8-12(18)2-3-14(11)25-7-5-19-17(24)13-9-20-23-6-4-15(22)21-16(13)23/h2-4,6,8-9H,5,7,10H2,1H3,(H,19,24). The molecule has 128 valence electrons. The molecule has 0 saturated carbocycles. The Morgan fingerprint density at radius 3 is 3.08 bits per heavy atom. The molecular weight excluding hydrogens is 325 g/mol. The Kier molecular flexibility index (Phi) is 3.72. The lowest BCUT2D eigenvalue weighted by Gasteiger charge is -2.20. The number of rotatable bonds is 0. The molecule has 7 nitrogen and oxygen atoms in total. The smallest absolute Gasteiger partial charge is 0.256 e. The molecule has 1 N–H and O–H groups in total. The highest BCUT2D eigenvalue weighted by Gasteiger charge is 2.17. The Hall–Kier alpha value is -3.16. The van der Waals surface area contributed by atoms with Gasteiger partial charge >= 0.3 is 0 Å². The fraction of sp³-hybridized carbons (Fsp3) is 0.235. The molecule has 0 spiro atoms. The third kappa shape index (κ3) is 2.86. The van der Waals surface area contributed by atoms with Gasteiger partial charge in [0.1, 0.15) is 29.6 Å². The molecule has 8 heteroatoms. The van der Waals surface area contributed by atoms with Gasteiger partial charge in [-0.25, -0.2) is 13.9 Å². The van der Waals surface area contributed by atoms with E-state index < -0.39 is 0 Å². The molecule has 2 bridgehead atoms. The fourth-order valence-corrected chi connectivity index (χ4v) is 2.80.